The van der Waals surface area contributed by atoms with Crippen molar-refractivity contribution in [3.05, 3.63) is 35.9 Å². The molecule has 104 valence electrons. The summed E-state index contributed by atoms with van der Waals surface area (Å²) in [5.41, 5.74) is 1.44. The molecule has 1 heterocycles. The lowest BCUT2D eigenvalue weighted by atomic mass is 9.98. The number of piperazine rings is 1. The van der Waals surface area contributed by atoms with Crippen LogP contribution in [0.15, 0.2) is 30.3 Å². The summed E-state index contributed by atoms with van der Waals surface area (Å²) in [4.78, 5) is 2.81. The topological polar surface area (TPSA) is 15.3 Å². The van der Waals surface area contributed by atoms with E-state index in [-0.39, 0.29) is 0 Å². The van der Waals surface area contributed by atoms with Crippen molar-refractivity contribution >= 4 is 0 Å². The van der Waals surface area contributed by atoms with Gasteiger partial charge in [-0.15, -0.1) is 0 Å². The molecule has 1 saturated carbocycles. The number of hydrogen-bond donors (Lipinski definition) is 1. The number of nitrogens with zero attached hydrogens (tertiary/aromatic N) is 1. The maximum Gasteiger partial charge on any atom is 0.0450 e. The van der Waals surface area contributed by atoms with E-state index in [1.165, 1.54) is 44.2 Å². The summed E-state index contributed by atoms with van der Waals surface area (Å²) in [5.74, 6) is 0. The van der Waals surface area contributed by atoms with Crippen molar-refractivity contribution < 1.29 is 0 Å². The second-order valence-electron chi connectivity index (χ2n) is 6.07. The van der Waals surface area contributed by atoms with Crippen LogP contribution in [0.3, 0.4) is 0 Å². The summed E-state index contributed by atoms with van der Waals surface area (Å²) in [5, 5.41) is 3.75. The third kappa shape index (κ3) is 2.85. The molecular weight excluding hydrogens is 232 g/mol. The van der Waals surface area contributed by atoms with Gasteiger partial charge in [0, 0.05) is 31.2 Å². The van der Waals surface area contributed by atoms with Gasteiger partial charge in [-0.1, -0.05) is 50.1 Å². The standard InChI is InChI=1S/C17H26N2/c1-2-15-12-18-17(14-8-4-3-5-9-14)13-19(15)16-10-6-7-11-16/h3-5,8-9,15-18H,2,6-7,10-13H2,1H3. The van der Waals surface area contributed by atoms with Crippen molar-refractivity contribution in [2.24, 2.45) is 0 Å². The maximum atomic E-state index is 3.75. The Morgan fingerprint density at radius 1 is 1.16 bits per heavy atom. The Bertz CT molecular complexity index is 382. The highest BCUT2D eigenvalue weighted by molar-refractivity contribution is 5.20. The molecule has 1 N–H and O–H groups in total. The molecule has 19 heavy (non-hydrogen) atoms. The Morgan fingerprint density at radius 2 is 1.89 bits per heavy atom. The highest BCUT2D eigenvalue weighted by atomic mass is 15.3. The van der Waals surface area contributed by atoms with Gasteiger partial charge < -0.3 is 5.32 Å². The molecule has 2 aliphatic rings. The maximum absolute atomic E-state index is 3.75. The molecule has 0 spiro atoms. The van der Waals surface area contributed by atoms with Crippen LogP contribution < -0.4 is 5.32 Å². The molecule has 2 heteroatoms. The molecule has 2 fully saturated rings. The fourth-order valence-corrected chi connectivity index (χ4v) is 3.79. The zero-order valence-electron chi connectivity index (χ0n) is 12.0. The minimum Gasteiger partial charge on any atom is -0.307 e. The summed E-state index contributed by atoms with van der Waals surface area (Å²) in [6.07, 6.45) is 6.96. The molecule has 1 aliphatic heterocycles. The third-order valence-corrected chi connectivity index (χ3v) is 4.93. The van der Waals surface area contributed by atoms with Crippen molar-refractivity contribution in [3.8, 4) is 0 Å². The predicted molar refractivity (Wildman–Crippen MR) is 80.2 cm³/mol. The molecule has 0 amide bonds. The van der Waals surface area contributed by atoms with E-state index in [1.54, 1.807) is 0 Å². The lowest BCUT2D eigenvalue weighted by Gasteiger charge is -2.43. The number of hydrogen-bond acceptors (Lipinski definition) is 2. The van der Waals surface area contributed by atoms with Crippen LogP contribution in [0.5, 0.6) is 0 Å². The zero-order valence-corrected chi connectivity index (χ0v) is 12.0. The summed E-state index contributed by atoms with van der Waals surface area (Å²) in [7, 11) is 0. The molecule has 1 aromatic rings. The van der Waals surface area contributed by atoms with Gasteiger partial charge in [0.1, 0.15) is 0 Å². The van der Waals surface area contributed by atoms with Crippen molar-refractivity contribution in [2.45, 2.75) is 57.2 Å². The van der Waals surface area contributed by atoms with E-state index in [9.17, 15) is 0 Å². The molecule has 2 nitrogen and oxygen atoms in total. The van der Waals surface area contributed by atoms with Crippen LogP contribution in [0, 0.1) is 0 Å². The molecule has 0 radical (unpaired) electrons. The molecule has 0 aromatic heterocycles. The SMILES string of the molecule is CCC1CNC(c2ccccc2)CN1C1CCCC1. The average Bonchev–Trinajstić information content (AvgIpc) is 3.01. The third-order valence-electron chi connectivity index (χ3n) is 4.93. The molecular formula is C17H26N2. The fraction of sp³-hybridized carbons (Fsp3) is 0.647. The van der Waals surface area contributed by atoms with Gasteiger partial charge in [-0.2, -0.15) is 0 Å². The highest BCUT2D eigenvalue weighted by Gasteiger charge is 2.33. The second-order valence-corrected chi connectivity index (χ2v) is 6.07. The van der Waals surface area contributed by atoms with Crippen LogP contribution in [0.4, 0.5) is 0 Å². The minimum atomic E-state index is 0.518. The molecule has 0 bridgehead atoms. The van der Waals surface area contributed by atoms with Crippen LogP contribution in [0.1, 0.15) is 50.6 Å². The van der Waals surface area contributed by atoms with Gasteiger partial charge in [0.25, 0.3) is 0 Å². The zero-order chi connectivity index (χ0) is 13.1. The molecule has 1 aliphatic carbocycles. The Hall–Kier alpha value is -0.860. The lowest BCUT2D eigenvalue weighted by molar-refractivity contribution is 0.0809. The van der Waals surface area contributed by atoms with E-state index < -0.39 is 0 Å². The van der Waals surface area contributed by atoms with Crippen molar-refractivity contribution in [2.75, 3.05) is 13.1 Å². The normalized spacial score (nSPS) is 29.7. The average molecular weight is 258 g/mol. The molecule has 3 rings (SSSR count). The fourth-order valence-electron chi connectivity index (χ4n) is 3.79. The van der Waals surface area contributed by atoms with Gasteiger partial charge in [0.05, 0.1) is 0 Å². The van der Waals surface area contributed by atoms with Crippen LogP contribution in [-0.2, 0) is 0 Å². The van der Waals surface area contributed by atoms with E-state index in [0.29, 0.717) is 6.04 Å². The predicted octanol–water partition coefficient (Wildman–Crippen LogP) is 3.35. The van der Waals surface area contributed by atoms with Crippen LogP contribution >= 0.6 is 0 Å². The van der Waals surface area contributed by atoms with Gasteiger partial charge in [0.15, 0.2) is 0 Å². The van der Waals surface area contributed by atoms with E-state index in [4.69, 9.17) is 0 Å². The first-order valence-corrected chi connectivity index (χ1v) is 7.92. The molecule has 1 aromatic carbocycles. The molecule has 1 saturated heterocycles. The molecule has 2 unspecified atom stereocenters. The Kier molecular flexibility index (Phi) is 4.19. The first kappa shape index (κ1) is 13.1. The number of nitrogens with one attached hydrogen (secondary N) is 1. The summed E-state index contributed by atoms with van der Waals surface area (Å²) >= 11 is 0. The summed E-state index contributed by atoms with van der Waals surface area (Å²) < 4.78 is 0. The van der Waals surface area contributed by atoms with E-state index in [1.807, 2.05) is 0 Å². The Morgan fingerprint density at radius 3 is 2.58 bits per heavy atom. The van der Waals surface area contributed by atoms with Gasteiger partial charge in [-0.05, 0) is 24.8 Å². The number of rotatable bonds is 3. The van der Waals surface area contributed by atoms with Crippen molar-refractivity contribution in [3.63, 3.8) is 0 Å². The number of benzene rings is 1. The van der Waals surface area contributed by atoms with E-state index in [0.717, 1.165) is 18.6 Å². The summed E-state index contributed by atoms with van der Waals surface area (Å²) in [6, 6.07) is 13.0. The first-order valence-electron chi connectivity index (χ1n) is 7.92. The highest BCUT2D eigenvalue weighted by Crippen LogP contribution is 2.30. The van der Waals surface area contributed by atoms with Gasteiger partial charge >= 0.3 is 0 Å². The first-order chi connectivity index (χ1) is 9.38. The van der Waals surface area contributed by atoms with Gasteiger partial charge in [-0.3, -0.25) is 4.90 Å². The second kappa shape index (κ2) is 6.06. The quantitative estimate of drug-likeness (QED) is 0.894. The van der Waals surface area contributed by atoms with E-state index >= 15 is 0 Å². The monoisotopic (exact) mass is 258 g/mol. The van der Waals surface area contributed by atoms with Crippen molar-refractivity contribution in [1.29, 1.82) is 0 Å². The smallest absolute Gasteiger partial charge is 0.0450 e. The Balaban J connectivity index is 1.73. The summed E-state index contributed by atoms with van der Waals surface area (Å²) in [6.45, 7) is 4.66. The van der Waals surface area contributed by atoms with Crippen LogP contribution in [-0.4, -0.2) is 30.1 Å². The largest absolute Gasteiger partial charge is 0.307 e. The lowest BCUT2D eigenvalue weighted by Crippen LogP contribution is -2.55. The minimum absolute atomic E-state index is 0.518. The molecule has 2 atom stereocenters. The Labute approximate surface area is 117 Å². The van der Waals surface area contributed by atoms with E-state index in [2.05, 4.69) is 47.5 Å². The van der Waals surface area contributed by atoms with Crippen LogP contribution in [0.2, 0.25) is 0 Å². The van der Waals surface area contributed by atoms with Crippen LogP contribution in [0.25, 0.3) is 0 Å². The van der Waals surface area contributed by atoms with Gasteiger partial charge in [-0.25, -0.2) is 0 Å². The van der Waals surface area contributed by atoms with Gasteiger partial charge in [0.2, 0.25) is 0 Å². The van der Waals surface area contributed by atoms with Crippen molar-refractivity contribution in [1.82, 2.24) is 10.2 Å².